The van der Waals surface area contributed by atoms with Gasteiger partial charge in [0.15, 0.2) is 0 Å². The van der Waals surface area contributed by atoms with Crippen LogP contribution in [0.3, 0.4) is 0 Å². The van der Waals surface area contributed by atoms with Crippen molar-refractivity contribution in [3.8, 4) is 5.75 Å². The number of nitrogens with zero attached hydrogens (tertiary/aromatic N) is 1. The van der Waals surface area contributed by atoms with Gasteiger partial charge in [0.05, 0.1) is 12.2 Å². The standard InChI is InChI=1S/C16H17NO4/c1-12-5-3-8-17(15(12)18)9-4-10-21-14-7-2-6-13(11-14)16(19)20/h2-3,5-8,11H,4,9-10H2,1H3,(H,19,20). The Hall–Kier alpha value is -2.56. The number of hydrogen-bond donors (Lipinski definition) is 1. The molecule has 2 aromatic rings. The van der Waals surface area contributed by atoms with Crippen LogP contribution in [0.4, 0.5) is 0 Å². The van der Waals surface area contributed by atoms with E-state index in [2.05, 4.69) is 0 Å². The highest BCUT2D eigenvalue weighted by Gasteiger charge is 2.04. The number of carbonyl (C=O) groups is 1. The van der Waals surface area contributed by atoms with Crippen molar-refractivity contribution in [2.45, 2.75) is 19.9 Å². The van der Waals surface area contributed by atoms with Crippen molar-refractivity contribution in [3.63, 3.8) is 0 Å². The van der Waals surface area contributed by atoms with Crippen molar-refractivity contribution in [2.24, 2.45) is 0 Å². The van der Waals surface area contributed by atoms with E-state index in [9.17, 15) is 9.59 Å². The van der Waals surface area contributed by atoms with E-state index in [1.54, 1.807) is 35.9 Å². The minimum absolute atomic E-state index is 0.00498. The first-order valence-corrected chi connectivity index (χ1v) is 6.70. The quantitative estimate of drug-likeness (QED) is 0.828. The van der Waals surface area contributed by atoms with Crippen LogP contribution in [-0.4, -0.2) is 22.2 Å². The molecule has 0 radical (unpaired) electrons. The van der Waals surface area contributed by atoms with Gasteiger partial charge >= 0.3 is 5.97 Å². The average Bonchev–Trinajstić information content (AvgIpc) is 2.48. The van der Waals surface area contributed by atoms with Crippen LogP contribution in [0, 0.1) is 6.92 Å². The summed E-state index contributed by atoms with van der Waals surface area (Å²) in [6.45, 7) is 2.77. The van der Waals surface area contributed by atoms with Crippen LogP contribution in [-0.2, 0) is 6.54 Å². The highest BCUT2D eigenvalue weighted by molar-refractivity contribution is 5.87. The number of rotatable bonds is 6. The van der Waals surface area contributed by atoms with Crippen molar-refractivity contribution in [2.75, 3.05) is 6.61 Å². The summed E-state index contributed by atoms with van der Waals surface area (Å²) >= 11 is 0. The first-order chi connectivity index (χ1) is 10.1. The van der Waals surface area contributed by atoms with Crippen molar-refractivity contribution in [1.82, 2.24) is 4.57 Å². The average molecular weight is 287 g/mol. The third-order valence-electron chi connectivity index (χ3n) is 3.10. The van der Waals surface area contributed by atoms with Crippen LogP contribution >= 0.6 is 0 Å². The second-order valence-corrected chi connectivity index (χ2v) is 4.72. The molecule has 2 rings (SSSR count). The van der Waals surface area contributed by atoms with Gasteiger partial charge in [-0.2, -0.15) is 0 Å². The van der Waals surface area contributed by atoms with Gasteiger partial charge in [-0.15, -0.1) is 0 Å². The molecule has 1 heterocycles. The second-order valence-electron chi connectivity index (χ2n) is 4.72. The van der Waals surface area contributed by atoms with Gasteiger partial charge in [0, 0.05) is 18.3 Å². The lowest BCUT2D eigenvalue weighted by atomic mass is 10.2. The highest BCUT2D eigenvalue weighted by Crippen LogP contribution is 2.13. The predicted molar refractivity (Wildman–Crippen MR) is 79.0 cm³/mol. The molecule has 21 heavy (non-hydrogen) atoms. The maximum absolute atomic E-state index is 11.8. The maximum atomic E-state index is 11.8. The van der Waals surface area contributed by atoms with E-state index in [0.717, 1.165) is 0 Å². The largest absolute Gasteiger partial charge is 0.494 e. The molecule has 110 valence electrons. The summed E-state index contributed by atoms with van der Waals surface area (Å²) in [7, 11) is 0. The van der Waals surface area contributed by atoms with E-state index in [-0.39, 0.29) is 11.1 Å². The fraction of sp³-hybridized carbons (Fsp3) is 0.250. The lowest BCUT2D eigenvalue weighted by molar-refractivity contribution is 0.0696. The molecule has 0 saturated carbocycles. The third kappa shape index (κ3) is 3.95. The summed E-state index contributed by atoms with van der Waals surface area (Å²) in [5.74, 6) is -0.460. The predicted octanol–water partition coefficient (Wildman–Crippen LogP) is 2.32. The van der Waals surface area contributed by atoms with Crippen LogP contribution in [0.2, 0.25) is 0 Å². The van der Waals surface area contributed by atoms with Gasteiger partial charge in [-0.25, -0.2) is 4.79 Å². The van der Waals surface area contributed by atoms with Crippen molar-refractivity contribution < 1.29 is 14.6 Å². The number of hydrogen-bond acceptors (Lipinski definition) is 3. The molecular weight excluding hydrogens is 270 g/mol. The summed E-state index contributed by atoms with van der Waals surface area (Å²) in [6, 6.07) is 9.98. The zero-order valence-electron chi connectivity index (χ0n) is 11.8. The third-order valence-corrected chi connectivity index (χ3v) is 3.10. The van der Waals surface area contributed by atoms with Crippen LogP contribution in [0.5, 0.6) is 5.75 Å². The molecule has 0 spiro atoms. The zero-order valence-corrected chi connectivity index (χ0v) is 11.8. The Morgan fingerprint density at radius 3 is 2.86 bits per heavy atom. The number of ether oxygens (including phenoxy) is 1. The van der Waals surface area contributed by atoms with Gasteiger partial charge in [0.1, 0.15) is 5.75 Å². The molecule has 1 aromatic heterocycles. The fourth-order valence-electron chi connectivity index (χ4n) is 1.98. The molecule has 5 heteroatoms. The summed E-state index contributed by atoms with van der Waals surface area (Å²) in [5.41, 5.74) is 0.917. The van der Waals surface area contributed by atoms with Gasteiger partial charge in [-0.3, -0.25) is 4.79 Å². The number of pyridine rings is 1. The topological polar surface area (TPSA) is 68.5 Å². The minimum atomic E-state index is -0.980. The Morgan fingerprint density at radius 1 is 1.29 bits per heavy atom. The van der Waals surface area contributed by atoms with Crippen LogP contribution < -0.4 is 10.3 Å². The van der Waals surface area contributed by atoms with Crippen molar-refractivity contribution >= 4 is 5.97 Å². The van der Waals surface area contributed by atoms with E-state index < -0.39 is 5.97 Å². The molecule has 0 amide bonds. The Morgan fingerprint density at radius 2 is 2.10 bits per heavy atom. The number of aromatic nitrogens is 1. The lowest BCUT2D eigenvalue weighted by Crippen LogP contribution is -2.22. The van der Waals surface area contributed by atoms with E-state index in [0.29, 0.717) is 30.9 Å². The normalized spacial score (nSPS) is 10.3. The molecule has 1 aromatic carbocycles. The van der Waals surface area contributed by atoms with Gasteiger partial charge < -0.3 is 14.4 Å². The van der Waals surface area contributed by atoms with E-state index in [1.165, 1.54) is 12.1 Å². The van der Waals surface area contributed by atoms with Gasteiger partial charge in [0.25, 0.3) is 5.56 Å². The first-order valence-electron chi connectivity index (χ1n) is 6.70. The molecular formula is C16H17NO4. The zero-order chi connectivity index (χ0) is 15.2. The molecule has 0 aliphatic carbocycles. The molecule has 0 atom stereocenters. The molecule has 0 aliphatic rings. The minimum Gasteiger partial charge on any atom is -0.494 e. The number of carboxylic acid groups (broad SMARTS) is 1. The van der Waals surface area contributed by atoms with Gasteiger partial charge in [-0.1, -0.05) is 12.1 Å². The Balaban J connectivity index is 1.87. The summed E-state index contributed by atoms with van der Waals surface area (Å²) in [5, 5.41) is 8.89. The highest BCUT2D eigenvalue weighted by atomic mass is 16.5. The lowest BCUT2D eigenvalue weighted by Gasteiger charge is -2.08. The SMILES string of the molecule is Cc1cccn(CCCOc2cccc(C(=O)O)c2)c1=O. The van der Waals surface area contributed by atoms with E-state index in [4.69, 9.17) is 9.84 Å². The molecule has 1 N–H and O–H groups in total. The smallest absolute Gasteiger partial charge is 0.335 e. The fourth-order valence-corrected chi connectivity index (χ4v) is 1.98. The Bertz CT molecular complexity index is 691. The van der Waals surface area contributed by atoms with E-state index >= 15 is 0 Å². The van der Waals surface area contributed by atoms with Crippen molar-refractivity contribution in [3.05, 3.63) is 64.1 Å². The number of aromatic carboxylic acids is 1. The molecule has 0 aliphatic heterocycles. The van der Waals surface area contributed by atoms with Gasteiger partial charge in [-0.05, 0) is 37.6 Å². The first kappa shape index (κ1) is 14.8. The number of benzene rings is 1. The summed E-state index contributed by atoms with van der Waals surface area (Å²) < 4.78 is 7.16. The monoisotopic (exact) mass is 287 g/mol. The number of carboxylic acids is 1. The van der Waals surface area contributed by atoms with Crippen LogP contribution in [0.25, 0.3) is 0 Å². The molecule has 0 bridgehead atoms. The summed E-state index contributed by atoms with van der Waals surface area (Å²) in [4.78, 5) is 22.7. The van der Waals surface area contributed by atoms with Crippen LogP contribution in [0.1, 0.15) is 22.3 Å². The maximum Gasteiger partial charge on any atom is 0.335 e. The molecule has 0 unspecified atom stereocenters. The molecule has 0 saturated heterocycles. The van der Waals surface area contributed by atoms with Crippen LogP contribution in [0.15, 0.2) is 47.4 Å². The Kier molecular flexibility index (Phi) is 4.77. The number of aryl methyl sites for hydroxylation is 2. The molecule has 0 fully saturated rings. The summed E-state index contributed by atoms with van der Waals surface area (Å²) in [6.07, 6.45) is 2.42. The van der Waals surface area contributed by atoms with Crippen molar-refractivity contribution in [1.29, 1.82) is 0 Å². The molecule has 5 nitrogen and oxygen atoms in total. The van der Waals surface area contributed by atoms with Gasteiger partial charge in [0.2, 0.25) is 0 Å². The second kappa shape index (κ2) is 6.74. The Labute approximate surface area is 122 Å². The van der Waals surface area contributed by atoms with E-state index in [1.807, 2.05) is 6.07 Å².